The Balaban J connectivity index is 1.69. The standard InChI is InChI=1S/C16H18N4O2/c17-16(22)12-5-6-18-15(20-12)8-14(21)13-7-10-3-1-2-4-11(10)9-19-13/h1-6,13-14,19,21H,7-9H2,(H2,17,22)/t13-,14+/m0/s1. The summed E-state index contributed by atoms with van der Waals surface area (Å²) < 4.78 is 0. The normalized spacial score (nSPS) is 18.5. The van der Waals surface area contributed by atoms with Crippen LogP contribution in [-0.2, 0) is 19.4 Å². The first-order valence-corrected chi connectivity index (χ1v) is 7.23. The number of nitrogens with two attached hydrogens (primary N) is 1. The molecule has 0 saturated heterocycles. The van der Waals surface area contributed by atoms with Gasteiger partial charge in [-0.3, -0.25) is 4.79 Å². The summed E-state index contributed by atoms with van der Waals surface area (Å²) in [7, 11) is 0. The minimum absolute atomic E-state index is 0.0595. The Morgan fingerprint density at radius 1 is 1.36 bits per heavy atom. The first kappa shape index (κ1) is 14.6. The number of aromatic nitrogens is 2. The zero-order valence-corrected chi connectivity index (χ0v) is 12.1. The van der Waals surface area contributed by atoms with Crippen LogP contribution in [0.3, 0.4) is 0 Å². The molecule has 22 heavy (non-hydrogen) atoms. The van der Waals surface area contributed by atoms with Crippen LogP contribution in [0.1, 0.15) is 27.4 Å². The molecule has 3 rings (SSSR count). The fourth-order valence-electron chi connectivity index (χ4n) is 2.72. The second-order valence-electron chi connectivity index (χ2n) is 5.45. The van der Waals surface area contributed by atoms with E-state index in [0.717, 1.165) is 13.0 Å². The van der Waals surface area contributed by atoms with Crippen LogP contribution in [0.15, 0.2) is 36.5 Å². The molecule has 0 unspecified atom stereocenters. The van der Waals surface area contributed by atoms with Crippen molar-refractivity contribution < 1.29 is 9.90 Å². The van der Waals surface area contributed by atoms with Crippen LogP contribution < -0.4 is 11.1 Å². The molecule has 0 fully saturated rings. The van der Waals surface area contributed by atoms with Gasteiger partial charge in [-0.25, -0.2) is 9.97 Å². The van der Waals surface area contributed by atoms with E-state index in [2.05, 4.69) is 27.4 Å². The largest absolute Gasteiger partial charge is 0.391 e. The van der Waals surface area contributed by atoms with Crippen molar-refractivity contribution in [3.05, 3.63) is 59.2 Å². The van der Waals surface area contributed by atoms with Gasteiger partial charge in [-0.2, -0.15) is 0 Å². The summed E-state index contributed by atoms with van der Waals surface area (Å²) in [5.41, 5.74) is 7.88. The minimum Gasteiger partial charge on any atom is -0.391 e. The number of amides is 1. The number of fused-ring (bicyclic) bond motifs is 1. The summed E-state index contributed by atoms with van der Waals surface area (Å²) >= 11 is 0. The molecule has 6 heteroatoms. The molecule has 2 aromatic rings. The van der Waals surface area contributed by atoms with E-state index >= 15 is 0 Å². The van der Waals surface area contributed by atoms with Crippen molar-refractivity contribution in [1.29, 1.82) is 0 Å². The number of hydrogen-bond donors (Lipinski definition) is 3. The van der Waals surface area contributed by atoms with Crippen molar-refractivity contribution in [2.75, 3.05) is 0 Å². The van der Waals surface area contributed by atoms with E-state index in [4.69, 9.17) is 5.73 Å². The van der Waals surface area contributed by atoms with E-state index in [9.17, 15) is 9.90 Å². The summed E-state index contributed by atoms with van der Waals surface area (Å²) in [6.45, 7) is 0.736. The molecule has 0 spiro atoms. The van der Waals surface area contributed by atoms with Gasteiger partial charge in [-0.05, 0) is 23.6 Å². The second-order valence-corrected chi connectivity index (χ2v) is 5.45. The molecule has 0 bridgehead atoms. The first-order valence-electron chi connectivity index (χ1n) is 7.23. The molecule has 114 valence electrons. The Labute approximate surface area is 128 Å². The van der Waals surface area contributed by atoms with Gasteiger partial charge in [0, 0.05) is 25.2 Å². The third-order valence-corrected chi connectivity index (χ3v) is 3.93. The van der Waals surface area contributed by atoms with Crippen LogP contribution >= 0.6 is 0 Å². The van der Waals surface area contributed by atoms with Crippen LogP contribution in [0.5, 0.6) is 0 Å². The fraction of sp³-hybridized carbons (Fsp3) is 0.312. The van der Waals surface area contributed by atoms with E-state index in [1.54, 1.807) is 0 Å². The van der Waals surface area contributed by atoms with Gasteiger partial charge in [-0.1, -0.05) is 24.3 Å². The monoisotopic (exact) mass is 298 g/mol. The minimum atomic E-state index is -0.628. The summed E-state index contributed by atoms with van der Waals surface area (Å²) in [4.78, 5) is 19.3. The number of nitrogens with one attached hydrogen (secondary N) is 1. The van der Waals surface area contributed by atoms with Gasteiger partial charge < -0.3 is 16.2 Å². The summed E-state index contributed by atoms with van der Waals surface area (Å²) in [5, 5.41) is 13.8. The van der Waals surface area contributed by atoms with E-state index < -0.39 is 12.0 Å². The van der Waals surface area contributed by atoms with Crippen molar-refractivity contribution in [2.24, 2.45) is 5.73 Å². The average molecular weight is 298 g/mol. The number of benzene rings is 1. The zero-order valence-electron chi connectivity index (χ0n) is 12.1. The molecule has 1 aromatic carbocycles. The Hall–Kier alpha value is -2.31. The fourth-order valence-corrected chi connectivity index (χ4v) is 2.72. The van der Waals surface area contributed by atoms with Crippen LogP contribution in [0.2, 0.25) is 0 Å². The number of nitrogens with zero attached hydrogens (tertiary/aromatic N) is 2. The lowest BCUT2D eigenvalue weighted by Crippen LogP contribution is -2.45. The molecule has 1 aromatic heterocycles. The lowest BCUT2D eigenvalue weighted by Gasteiger charge is -2.29. The molecule has 0 saturated carbocycles. The van der Waals surface area contributed by atoms with Gasteiger partial charge in [0.2, 0.25) is 0 Å². The zero-order chi connectivity index (χ0) is 15.5. The smallest absolute Gasteiger partial charge is 0.267 e. The number of carbonyl (C=O) groups excluding carboxylic acids is 1. The Bertz CT molecular complexity index is 689. The molecule has 1 aliphatic heterocycles. The predicted molar refractivity (Wildman–Crippen MR) is 81.0 cm³/mol. The third-order valence-electron chi connectivity index (χ3n) is 3.93. The van der Waals surface area contributed by atoms with E-state index in [1.165, 1.54) is 23.4 Å². The van der Waals surface area contributed by atoms with Crippen molar-refractivity contribution in [1.82, 2.24) is 15.3 Å². The van der Waals surface area contributed by atoms with Gasteiger partial charge in [0.25, 0.3) is 5.91 Å². The lowest BCUT2D eigenvalue weighted by atomic mass is 9.92. The summed E-state index contributed by atoms with van der Waals surface area (Å²) in [6, 6.07) is 9.60. The maximum Gasteiger partial charge on any atom is 0.267 e. The molecule has 4 N–H and O–H groups in total. The second kappa shape index (κ2) is 6.21. The molecule has 6 nitrogen and oxygen atoms in total. The molecule has 2 atom stereocenters. The quantitative estimate of drug-likeness (QED) is 0.748. The maximum absolute atomic E-state index is 11.1. The highest BCUT2D eigenvalue weighted by Gasteiger charge is 2.25. The van der Waals surface area contributed by atoms with Crippen LogP contribution in [0.4, 0.5) is 0 Å². The van der Waals surface area contributed by atoms with Crippen molar-refractivity contribution in [2.45, 2.75) is 31.5 Å². The number of primary amides is 1. The molecular formula is C16H18N4O2. The van der Waals surface area contributed by atoms with Gasteiger partial charge >= 0.3 is 0 Å². The van der Waals surface area contributed by atoms with E-state index in [-0.39, 0.29) is 18.2 Å². The number of carbonyl (C=O) groups is 1. The molecule has 0 aliphatic carbocycles. The van der Waals surface area contributed by atoms with Crippen LogP contribution in [-0.4, -0.2) is 33.1 Å². The molecule has 2 heterocycles. The van der Waals surface area contributed by atoms with Crippen molar-refractivity contribution in [3.63, 3.8) is 0 Å². The number of rotatable bonds is 4. The Morgan fingerprint density at radius 3 is 2.91 bits per heavy atom. The molecule has 1 amide bonds. The molecule has 1 aliphatic rings. The van der Waals surface area contributed by atoms with E-state index in [1.807, 2.05) is 12.1 Å². The maximum atomic E-state index is 11.1. The Morgan fingerprint density at radius 2 is 2.14 bits per heavy atom. The van der Waals surface area contributed by atoms with Gasteiger partial charge in [0.15, 0.2) is 0 Å². The summed E-state index contributed by atoms with van der Waals surface area (Å²) in [5.74, 6) is -0.174. The highest BCUT2D eigenvalue weighted by molar-refractivity contribution is 5.90. The van der Waals surface area contributed by atoms with E-state index in [0.29, 0.717) is 5.82 Å². The Kier molecular flexibility index (Phi) is 4.13. The van der Waals surface area contributed by atoms with Gasteiger partial charge in [-0.15, -0.1) is 0 Å². The highest BCUT2D eigenvalue weighted by Crippen LogP contribution is 2.18. The molecular weight excluding hydrogens is 280 g/mol. The topological polar surface area (TPSA) is 101 Å². The average Bonchev–Trinajstić information content (AvgIpc) is 2.54. The van der Waals surface area contributed by atoms with Gasteiger partial charge in [0.1, 0.15) is 11.5 Å². The predicted octanol–water partition coefficient (Wildman–Crippen LogP) is 0.193. The molecule has 0 radical (unpaired) electrons. The van der Waals surface area contributed by atoms with Crippen molar-refractivity contribution >= 4 is 5.91 Å². The number of aliphatic hydroxyl groups is 1. The number of hydrogen-bond acceptors (Lipinski definition) is 5. The van der Waals surface area contributed by atoms with Crippen molar-refractivity contribution in [3.8, 4) is 0 Å². The number of aliphatic hydroxyl groups excluding tert-OH is 1. The first-order chi connectivity index (χ1) is 10.6. The van der Waals surface area contributed by atoms with Crippen LogP contribution in [0.25, 0.3) is 0 Å². The van der Waals surface area contributed by atoms with Crippen LogP contribution in [0, 0.1) is 0 Å². The van der Waals surface area contributed by atoms with Gasteiger partial charge in [0.05, 0.1) is 6.10 Å². The lowest BCUT2D eigenvalue weighted by molar-refractivity contribution is 0.0993. The SMILES string of the molecule is NC(=O)c1ccnc(C[C@@H](O)[C@@H]2Cc3ccccc3CN2)n1. The summed E-state index contributed by atoms with van der Waals surface area (Å²) in [6.07, 6.45) is 1.89. The highest BCUT2D eigenvalue weighted by atomic mass is 16.3. The third kappa shape index (κ3) is 3.13.